The number of hydrogen-bond donors (Lipinski definition) is 3. The van der Waals surface area contributed by atoms with E-state index in [2.05, 4.69) is 6.92 Å². The van der Waals surface area contributed by atoms with Crippen LogP contribution in [0.3, 0.4) is 0 Å². The molecule has 0 aromatic heterocycles. The third-order valence-electron chi connectivity index (χ3n) is 3.20. The SMILES string of the molecule is CCCCCCCCCCCCN(N)CC(O)O. The van der Waals surface area contributed by atoms with E-state index in [9.17, 15) is 0 Å². The molecule has 0 spiro atoms. The standard InChI is InChI=1S/C14H32N2O2/c1-2-3-4-5-6-7-8-9-10-11-12-16(15)13-14(17)18/h14,17-18H,2-13,15H2,1H3. The summed E-state index contributed by atoms with van der Waals surface area (Å²) in [7, 11) is 0. The van der Waals surface area contributed by atoms with Gasteiger partial charge in [-0.05, 0) is 6.42 Å². The van der Waals surface area contributed by atoms with Gasteiger partial charge in [0.25, 0.3) is 0 Å². The van der Waals surface area contributed by atoms with Crippen LogP contribution in [0.2, 0.25) is 0 Å². The van der Waals surface area contributed by atoms with Gasteiger partial charge in [0.1, 0.15) is 0 Å². The molecule has 110 valence electrons. The molecule has 0 heterocycles. The van der Waals surface area contributed by atoms with Gasteiger partial charge in [0.15, 0.2) is 6.29 Å². The van der Waals surface area contributed by atoms with E-state index in [1.54, 1.807) is 0 Å². The Kier molecular flexibility index (Phi) is 13.2. The number of nitrogens with two attached hydrogens (primary N) is 1. The van der Waals surface area contributed by atoms with Crippen LogP contribution in [0.5, 0.6) is 0 Å². The van der Waals surface area contributed by atoms with E-state index >= 15 is 0 Å². The summed E-state index contributed by atoms with van der Waals surface area (Å²) in [4.78, 5) is 0. The van der Waals surface area contributed by atoms with Crippen molar-refractivity contribution >= 4 is 0 Å². The predicted molar refractivity (Wildman–Crippen MR) is 75.8 cm³/mol. The summed E-state index contributed by atoms with van der Waals surface area (Å²) in [6.45, 7) is 3.13. The summed E-state index contributed by atoms with van der Waals surface area (Å²) in [5.74, 6) is 5.60. The summed E-state index contributed by atoms with van der Waals surface area (Å²) >= 11 is 0. The second kappa shape index (κ2) is 13.3. The van der Waals surface area contributed by atoms with Gasteiger partial charge in [0, 0.05) is 6.54 Å². The second-order valence-corrected chi connectivity index (χ2v) is 5.16. The molecule has 0 radical (unpaired) electrons. The fourth-order valence-corrected chi connectivity index (χ4v) is 2.10. The van der Waals surface area contributed by atoms with E-state index in [0.29, 0.717) is 0 Å². The van der Waals surface area contributed by atoms with Crippen LogP contribution in [-0.2, 0) is 0 Å². The topological polar surface area (TPSA) is 69.7 Å². The molecule has 0 aliphatic heterocycles. The Labute approximate surface area is 112 Å². The minimum absolute atomic E-state index is 0.136. The molecule has 0 aromatic carbocycles. The molecule has 0 fully saturated rings. The number of aliphatic hydroxyl groups is 2. The Balaban J connectivity index is 3.07. The molecule has 0 saturated carbocycles. The molecule has 0 bridgehead atoms. The fourth-order valence-electron chi connectivity index (χ4n) is 2.10. The summed E-state index contributed by atoms with van der Waals surface area (Å²) in [6.07, 6.45) is 11.7. The largest absolute Gasteiger partial charge is 0.367 e. The lowest BCUT2D eigenvalue weighted by Crippen LogP contribution is -2.38. The van der Waals surface area contributed by atoms with E-state index in [0.717, 1.165) is 13.0 Å². The molecular formula is C14H32N2O2. The summed E-state index contributed by atoms with van der Waals surface area (Å²) in [5, 5.41) is 18.9. The van der Waals surface area contributed by atoms with Crippen molar-refractivity contribution in [1.82, 2.24) is 5.01 Å². The maximum Gasteiger partial charge on any atom is 0.165 e. The molecule has 0 saturated heterocycles. The summed E-state index contributed by atoms with van der Waals surface area (Å²) < 4.78 is 0. The number of nitrogens with zero attached hydrogens (tertiary/aromatic N) is 1. The highest BCUT2D eigenvalue weighted by molar-refractivity contribution is 4.52. The van der Waals surface area contributed by atoms with E-state index in [1.165, 1.54) is 62.8 Å². The molecule has 0 aliphatic carbocycles. The van der Waals surface area contributed by atoms with Crippen LogP contribution in [0.25, 0.3) is 0 Å². The molecule has 4 heteroatoms. The van der Waals surface area contributed by atoms with Crippen molar-refractivity contribution in [2.24, 2.45) is 5.84 Å². The first-order valence-corrected chi connectivity index (χ1v) is 7.52. The normalized spacial score (nSPS) is 11.7. The molecule has 0 amide bonds. The number of hydrogen-bond acceptors (Lipinski definition) is 4. The minimum atomic E-state index is -1.32. The Morgan fingerprint density at radius 1 is 0.833 bits per heavy atom. The van der Waals surface area contributed by atoms with Gasteiger partial charge in [-0.15, -0.1) is 0 Å². The number of rotatable bonds is 13. The lowest BCUT2D eigenvalue weighted by molar-refractivity contribution is -0.0617. The maximum atomic E-state index is 8.72. The van der Waals surface area contributed by atoms with Gasteiger partial charge in [-0.25, -0.2) is 5.01 Å². The van der Waals surface area contributed by atoms with Crippen LogP contribution in [0, 0.1) is 0 Å². The predicted octanol–water partition coefficient (Wildman–Crippen LogP) is 2.39. The van der Waals surface area contributed by atoms with Crippen molar-refractivity contribution in [3.63, 3.8) is 0 Å². The number of unbranched alkanes of at least 4 members (excludes halogenated alkanes) is 9. The molecule has 18 heavy (non-hydrogen) atoms. The number of hydrazine groups is 1. The van der Waals surface area contributed by atoms with E-state index in [4.69, 9.17) is 16.1 Å². The summed E-state index contributed by atoms with van der Waals surface area (Å²) in [5.41, 5.74) is 0. The zero-order valence-corrected chi connectivity index (χ0v) is 12.0. The van der Waals surface area contributed by atoms with Gasteiger partial charge >= 0.3 is 0 Å². The second-order valence-electron chi connectivity index (χ2n) is 5.16. The van der Waals surface area contributed by atoms with Crippen molar-refractivity contribution in [2.45, 2.75) is 77.4 Å². The van der Waals surface area contributed by atoms with Gasteiger partial charge in [-0.1, -0.05) is 64.7 Å². The van der Waals surface area contributed by atoms with Crippen LogP contribution in [0.15, 0.2) is 0 Å². The van der Waals surface area contributed by atoms with Crippen LogP contribution < -0.4 is 5.84 Å². The Morgan fingerprint density at radius 2 is 1.28 bits per heavy atom. The lowest BCUT2D eigenvalue weighted by atomic mass is 10.1. The highest BCUT2D eigenvalue weighted by atomic mass is 16.5. The molecule has 0 rings (SSSR count). The van der Waals surface area contributed by atoms with Crippen LogP contribution in [-0.4, -0.2) is 34.6 Å². The quantitative estimate of drug-likeness (QED) is 0.206. The Hall–Kier alpha value is -0.160. The Bertz CT molecular complexity index is 166. The zero-order chi connectivity index (χ0) is 13.6. The fraction of sp³-hybridized carbons (Fsp3) is 1.00. The lowest BCUT2D eigenvalue weighted by Gasteiger charge is -2.16. The Morgan fingerprint density at radius 3 is 1.72 bits per heavy atom. The number of aliphatic hydroxyl groups excluding tert-OH is 1. The van der Waals surface area contributed by atoms with Crippen molar-refractivity contribution in [3.05, 3.63) is 0 Å². The zero-order valence-electron chi connectivity index (χ0n) is 12.0. The highest BCUT2D eigenvalue weighted by Crippen LogP contribution is 2.10. The van der Waals surface area contributed by atoms with E-state index < -0.39 is 6.29 Å². The van der Waals surface area contributed by atoms with Crippen LogP contribution in [0.1, 0.15) is 71.1 Å². The van der Waals surface area contributed by atoms with E-state index in [1.807, 2.05) is 0 Å². The third kappa shape index (κ3) is 13.9. The van der Waals surface area contributed by atoms with Gasteiger partial charge < -0.3 is 10.2 Å². The van der Waals surface area contributed by atoms with Gasteiger partial charge in [-0.2, -0.15) is 0 Å². The average Bonchev–Trinajstić information content (AvgIpc) is 2.30. The minimum Gasteiger partial charge on any atom is -0.367 e. The molecule has 0 atom stereocenters. The summed E-state index contributed by atoms with van der Waals surface area (Å²) in [6, 6.07) is 0. The smallest absolute Gasteiger partial charge is 0.165 e. The molecule has 4 N–H and O–H groups in total. The van der Waals surface area contributed by atoms with Crippen molar-refractivity contribution in [2.75, 3.05) is 13.1 Å². The molecular weight excluding hydrogens is 228 g/mol. The first kappa shape index (κ1) is 17.8. The average molecular weight is 260 g/mol. The first-order valence-electron chi connectivity index (χ1n) is 7.52. The molecule has 4 nitrogen and oxygen atoms in total. The third-order valence-corrected chi connectivity index (χ3v) is 3.20. The monoisotopic (exact) mass is 260 g/mol. The molecule has 0 aliphatic rings. The first-order chi connectivity index (χ1) is 8.66. The van der Waals surface area contributed by atoms with E-state index in [-0.39, 0.29) is 6.54 Å². The maximum absolute atomic E-state index is 8.72. The van der Waals surface area contributed by atoms with Crippen molar-refractivity contribution < 1.29 is 10.2 Å². The van der Waals surface area contributed by atoms with Gasteiger partial charge in [0.2, 0.25) is 0 Å². The van der Waals surface area contributed by atoms with Gasteiger partial charge in [-0.3, -0.25) is 5.84 Å². The van der Waals surface area contributed by atoms with Crippen LogP contribution in [0.4, 0.5) is 0 Å². The molecule has 0 unspecified atom stereocenters. The van der Waals surface area contributed by atoms with Crippen molar-refractivity contribution in [3.8, 4) is 0 Å². The van der Waals surface area contributed by atoms with Crippen LogP contribution >= 0.6 is 0 Å². The van der Waals surface area contributed by atoms with Crippen molar-refractivity contribution in [1.29, 1.82) is 0 Å². The molecule has 0 aromatic rings. The highest BCUT2D eigenvalue weighted by Gasteiger charge is 2.03. The van der Waals surface area contributed by atoms with Gasteiger partial charge in [0.05, 0.1) is 6.54 Å².